The van der Waals surface area contributed by atoms with Gasteiger partial charge in [-0.1, -0.05) is 18.6 Å². The van der Waals surface area contributed by atoms with E-state index in [-0.39, 0.29) is 11.7 Å². The molecule has 1 heterocycles. The van der Waals surface area contributed by atoms with Gasteiger partial charge in [-0.2, -0.15) is 0 Å². The molecular formula is C16H20FNO2. The Balaban J connectivity index is 1.68. The quantitative estimate of drug-likeness (QED) is 0.917. The van der Waals surface area contributed by atoms with Gasteiger partial charge in [0.15, 0.2) is 0 Å². The third kappa shape index (κ3) is 2.44. The molecule has 1 aromatic carbocycles. The van der Waals surface area contributed by atoms with Gasteiger partial charge in [0.1, 0.15) is 5.82 Å². The SMILES string of the molecule is O=C(NCC1CCOC1)C1(c2ccc(F)cc2)CCC1. The molecule has 3 nitrogen and oxygen atoms in total. The van der Waals surface area contributed by atoms with Crippen LogP contribution in [0.5, 0.6) is 0 Å². The molecule has 1 unspecified atom stereocenters. The predicted molar refractivity (Wildman–Crippen MR) is 73.9 cm³/mol. The van der Waals surface area contributed by atoms with Crippen molar-refractivity contribution in [2.75, 3.05) is 19.8 Å². The summed E-state index contributed by atoms with van der Waals surface area (Å²) in [6.45, 7) is 2.22. The van der Waals surface area contributed by atoms with Gasteiger partial charge in [0.05, 0.1) is 12.0 Å². The summed E-state index contributed by atoms with van der Waals surface area (Å²) in [4.78, 5) is 12.5. The lowest BCUT2D eigenvalue weighted by atomic mass is 9.64. The summed E-state index contributed by atoms with van der Waals surface area (Å²) < 4.78 is 18.4. The first-order chi connectivity index (χ1) is 9.71. The van der Waals surface area contributed by atoms with Gasteiger partial charge in [0.2, 0.25) is 5.91 Å². The zero-order chi connectivity index (χ0) is 14.0. The van der Waals surface area contributed by atoms with Gasteiger partial charge in [0.25, 0.3) is 0 Å². The van der Waals surface area contributed by atoms with Crippen molar-refractivity contribution in [3.05, 3.63) is 35.6 Å². The Morgan fingerprint density at radius 3 is 2.65 bits per heavy atom. The van der Waals surface area contributed by atoms with Gasteiger partial charge < -0.3 is 10.1 Å². The Bertz CT molecular complexity index is 476. The van der Waals surface area contributed by atoms with Crippen molar-refractivity contribution in [3.8, 4) is 0 Å². The molecule has 1 saturated carbocycles. The lowest BCUT2D eigenvalue weighted by Gasteiger charge is -2.41. The second kappa shape index (κ2) is 5.52. The van der Waals surface area contributed by atoms with E-state index in [1.54, 1.807) is 12.1 Å². The maximum atomic E-state index is 13.0. The van der Waals surface area contributed by atoms with Gasteiger partial charge in [-0.3, -0.25) is 4.79 Å². The number of halogens is 1. The molecule has 3 rings (SSSR count). The van der Waals surface area contributed by atoms with E-state index in [2.05, 4.69) is 5.32 Å². The highest BCUT2D eigenvalue weighted by molar-refractivity contribution is 5.89. The zero-order valence-corrected chi connectivity index (χ0v) is 11.5. The zero-order valence-electron chi connectivity index (χ0n) is 11.5. The number of rotatable bonds is 4. The predicted octanol–water partition coefficient (Wildman–Crippen LogP) is 2.40. The largest absolute Gasteiger partial charge is 0.381 e. The molecule has 1 aliphatic heterocycles. The van der Waals surface area contributed by atoms with Crippen molar-refractivity contribution in [3.63, 3.8) is 0 Å². The molecular weight excluding hydrogens is 257 g/mol. The van der Waals surface area contributed by atoms with Gasteiger partial charge >= 0.3 is 0 Å². The summed E-state index contributed by atoms with van der Waals surface area (Å²) in [6.07, 6.45) is 3.78. The number of hydrogen-bond acceptors (Lipinski definition) is 2. The molecule has 4 heteroatoms. The third-order valence-electron chi connectivity index (χ3n) is 4.61. The van der Waals surface area contributed by atoms with Gasteiger partial charge in [-0.15, -0.1) is 0 Å². The van der Waals surface area contributed by atoms with Crippen molar-refractivity contribution in [2.24, 2.45) is 5.92 Å². The van der Waals surface area contributed by atoms with Gasteiger partial charge in [0, 0.05) is 19.1 Å². The molecule has 1 aliphatic carbocycles. The van der Waals surface area contributed by atoms with E-state index in [9.17, 15) is 9.18 Å². The van der Waals surface area contributed by atoms with Crippen LogP contribution in [0.25, 0.3) is 0 Å². The van der Waals surface area contributed by atoms with Crippen LogP contribution in [0.3, 0.4) is 0 Å². The van der Waals surface area contributed by atoms with Crippen LogP contribution in [0.4, 0.5) is 4.39 Å². The molecule has 20 heavy (non-hydrogen) atoms. The number of ether oxygens (including phenoxy) is 1. The highest BCUT2D eigenvalue weighted by atomic mass is 19.1. The molecule has 0 bridgehead atoms. The minimum atomic E-state index is -0.437. The van der Waals surface area contributed by atoms with E-state index < -0.39 is 5.41 Å². The van der Waals surface area contributed by atoms with E-state index in [1.165, 1.54) is 12.1 Å². The smallest absolute Gasteiger partial charge is 0.230 e. The second-order valence-electron chi connectivity index (χ2n) is 5.88. The van der Waals surface area contributed by atoms with E-state index >= 15 is 0 Å². The number of amides is 1. The fourth-order valence-corrected chi connectivity index (χ4v) is 3.10. The lowest BCUT2D eigenvalue weighted by Crippen LogP contribution is -2.50. The fraction of sp³-hybridized carbons (Fsp3) is 0.562. The Labute approximate surface area is 118 Å². The van der Waals surface area contributed by atoms with Crippen LogP contribution in [0.2, 0.25) is 0 Å². The maximum absolute atomic E-state index is 13.0. The summed E-state index contributed by atoms with van der Waals surface area (Å²) in [6, 6.07) is 6.36. The summed E-state index contributed by atoms with van der Waals surface area (Å²) in [5.74, 6) is 0.262. The molecule has 1 aromatic rings. The average Bonchev–Trinajstić information content (AvgIpc) is 2.90. The number of hydrogen-bond donors (Lipinski definition) is 1. The van der Waals surface area contributed by atoms with E-state index in [0.717, 1.165) is 44.5 Å². The fourth-order valence-electron chi connectivity index (χ4n) is 3.10. The minimum Gasteiger partial charge on any atom is -0.381 e. The summed E-state index contributed by atoms with van der Waals surface area (Å²) in [7, 11) is 0. The first-order valence-electron chi connectivity index (χ1n) is 7.33. The summed E-state index contributed by atoms with van der Waals surface area (Å²) >= 11 is 0. The Kier molecular flexibility index (Phi) is 3.74. The van der Waals surface area contributed by atoms with Crippen LogP contribution in [-0.2, 0) is 14.9 Å². The molecule has 1 atom stereocenters. The van der Waals surface area contributed by atoms with Gasteiger partial charge in [-0.05, 0) is 37.0 Å². The van der Waals surface area contributed by atoms with Crippen LogP contribution in [0.1, 0.15) is 31.2 Å². The minimum absolute atomic E-state index is 0.0854. The number of benzene rings is 1. The first-order valence-corrected chi connectivity index (χ1v) is 7.33. The van der Waals surface area contributed by atoms with Crippen LogP contribution >= 0.6 is 0 Å². The molecule has 0 aromatic heterocycles. The highest BCUT2D eigenvalue weighted by Gasteiger charge is 2.45. The first kappa shape index (κ1) is 13.6. The molecule has 0 radical (unpaired) electrons. The van der Waals surface area contributed by atoms with Crippen LogP contribution in [0.15, 0.2) is 24.3 Å². The third-order valence-corrected chi connectivity index (χ3v) is 4.61. The molecule has 1 N–H and O–H groups in total. The van der Waals surface area contributed by atoms with Crippen molar-refractivity contribution in [2.45, 2.75) is 31.1 Å². The van der Waals surface area contributed by atoms with E-state index in [0.29, 0.717) is 12.5 Å². The summed E-state index contributed by atoms with van der Waals surface area (Å²) in [5, 5.41) is 3.07. The van der Waals surface area contributed by atoms with Crippen molar-refractivity contribution in [1.29, 1.82) is 0 Å². The monoisotopic (exact) mass is 277 g/mol. The van der Waals surface area contributed by atoms with Crippen molar-refractivity contribution in [1.82, 2.24) is 5.32 Å². The van der Waals surface area contributed by atoms with Crippen LogP contribution < -0.4 is 5.32 Å². The van der Waals surface area contributed by atoms with Crippen LogP contribution in [0, 0.1) is 11.7 Å². The number of carbonyl (C=O) groups is 1. The molecule has 0 spiro atoms. The molecule has 2 aliphatic rings. The van der Waals surface area contributed by atoms with Crippen molar-refractivity contribution < 1.29 is 13.9 Å². The Hall–Kier alpha value is -1.42. The van der Waals surface area contributed by atoms with Gasteiger partial charge in [-0.25, -0.2) is 4.39 Å². The molecule has 2 fully saturated rings. The Morgan fingerprint density at radius 1 is 1.35 bits per heavy atom. The highest BCUT2D eigenvalue weighted by Crippen LogP contribution is 2.44. The van der Waals surface area contributed by atoms with E-state index in [4.69, 9.17) is 4.74 Å². The normalized spacial score (nSPS) is 24.1. The standard InChI is InChI=1S/C16H20FNO2/c17-14-4-2-13(3-5-14)16(7-1-8-16)15(19)18-10-12-6-9-20-11-12/h2-5,12H,1,6-11H2,(H,18,19). The van der Waals surface area contributed by atoms with Crippen LogP contribution in [-0.4, -0.2) is 25.7 Å². The maximum Gasteiger partial charge on any atom is 0.230 e. The number of carbonyl (C=O) groups excluding carboxylic acids is 1. The Morgan fingerprint density at radius 2 is 2.10 bits per heavy atom. The number of nitrogens with one attached hydrogen (secondary N) is 1. The molecule has 1 amide bonds. The lowest BCUT2D eigenvalue weighted by molar-refractivity contribution is -0.130. The average molecular weight is 277 g/mol. The second-order valence-corrected chi connectivity index (χ2v) is 5.88. The summed E-state index contributed by atoms with van der Waals surface area (Å²) in [5.41, 5.74) is 0.498. The van der Waals surface area contributed by atoms with Crippen molar-refractivity contribution >= 4 is 5.91 Å². The molecule has 1 saturated heterocycles. The van der Waals surface area contributed by atoms with E-state index in [1.807, 2.05) is 0 Å². The topological polar surface area (TPSA) is 38.3 Å². The molecule has 108 valence electrons.